The number of aromatic amines is 1. The highest BCUT2D eigenvalue weighted by Crippen LogP contribution is 2.24. The second-order valence-corrected chi connectivity index (χ2v) is 4.28. The molecule has 0 saturated carbocycles. The van der Waals surface area contributed by atoms with Crippen LogP contribution in [0.3, 0.4) is 0 Å². The average Bonchev–Trinajstić information content (AvgIpc) is 3.03. The third-order valence-corrected chi connectivity index (χ3v) is 2.92. The van der Waals surface area contributed by atoms with Crippen LogP contribution in [0.15, 0.2) is 60.8 Å². The van der Waals surface area contributed by atoms with Crippen molar-refractivity contribution in [2.24, 2.45) is 0 Å². The Hall–Kier alpha value is -2.88. The van der Waals surface area contributed by atoms with E-state index < -0.39 is 0 Å². The highest BCUT2D eigenvalue weighted by Gasteiger charge is 2.01. The van der Waals surface area contributed by atoms with E-state index in [1.807, 2.05) is 30.3 Å². The summed E-state index contributed by atoms with van der Waals surface area (Å²) in [6.07, 6.45) is 2.53. The topological polar surface area (TPSA) is 55.0 Å². The first-order valence-corrected chi connectivity index (χ1v) is 6.18. The standard InChI is InChI=1S/C16H12N2O2/c19-11-12-1-5-14(6-2-12)20-15-7-3-13(4-8-15)16-9-10-17-18-16/h1-11H,(H,17,18). The van der Waals surface area contributed by atoms with Crippen molar-refractivity contribution in [3.63, 3.8) is 0 Å². The number of H-pyrrole nitrogens is 1. The second-order valence-electron chi connectivity index (χ2n) is 4.28. The van der Waals surface area contributed by atoms with Crippen LogP contribution in [-0.2, 0) is 0 Å². The van der Waals surface area contributed by atoms with Gasteiger partial charge in [0.25, 0.3) is 0 Å². The highest BCUT2D eigenvalue weighted by atomic mass is 16.5. The third kappa shape index (κ3) is 2.59. The Morgan fingerprint density at radius 2 is 1.55 bits per heavy atom. The number of aromatic nitrogens is 2. The first-order valence-electron chi connectivity index (χ1n) is 6.18. The van der Waals surface area contributed by atoms with Crippen molar-refractivity contribution in [3.8, 4) is 22.8 Å². The van der Waals surface area contributed by atoms with E-state index in [0.717, 1.165) is 23.3 Å². The van der Waals surface area contributed by atoms with Gasteiger partial charge in [-0.2, -0.15) is 5.10 Å². The monoisotopic (exact) mass is 264 g/mol. The summed E-state index contributed by atoms with van der Waals surface area (Å²) in [7, 11) is 0. The van der Waals surface area contributed by atoms with Crippen molar-refractivity contribution in [1.29, 1.82) is 0 Å². The quantitative estimate of drug-likeness (QED) is 0.731. The molecule has 98 valence electrons. The van der Waals surface area contributed by atoms with Crippen molar-refractivity contribution < 1.29 is 9.53 Å². The smallest absolute Gasteiger partial charge is 0.150 e. The van der Waals surface area contributed by atoms with Gasteiger partial charge in [0, 0.05) is 11.8 Å². The molecule has 0 unspecified atom stereocenters. The van der Waals surface area contributed by atoms with Crippen LogP contribution < -0.4 is 4.74 Å². The minimum atomic E-state index is 0.631. The van der Waals surface area contributed by atoms with Crippen LogP contribution >= 0.6 is 0 Å². The molecule has 0 spiro atoms. The van der Waals surface area contributed by atoms with E-state index in [0.29, 0.717) is 11.3 Å². The van der Waals surface area contributed by atoms with Gasteiger partial charge < -0.3 is 4.74 Å². The number of benzene rings is 2. The number of carbonyl (C=O) groups is 1. The van der Waals surface area contributed by atoms with E-state index in [2.05, 4.69) is 10.2 Å². The van der Waals surface area contributed by atoms with E-state index in [9.17, 15) is 4.79 Å². The molecule has 4 heteroatoms. The predicted octanol–water partition coefficient (Wildman–Crippen LogP) is 3.68. The van der Waals surface area contributed by atoms with Crippen LogP contribution in [0.25, 0.3) is 11.3 Å². The minimum Gasteiger partial charge on any atom is -0.457 e. The van der Waals surface area contributed by atoms with Crippen LogP contribution in [0.1, 0.15) is 10.4 Å². The van der Waals surface area contributed by atoms with Crippen LogP contribution in [0.4, 0.5) is 0 Å². The Morgan fingerprint density at radius 1 is 0.900 bits per heavy atom. The minimum absolute atomic E-state index is 0.631. The maximum absolute atomic E-state index is 10.6. The Balaban J connectivity index is 1.76. The van der Waals surface area contributed by atoms with E-state index in [1.165, 1.54) is 0 Å². The lowest BCUT2D eigenvalue weighted by Gasteiger charge is -2.06. The lowest BCUT2D eigenvalue weighted by Crippen LogP contribution is -1.86. The summed E-state index contributed by atoms with van der Waals surface area (Å²) >= 11 is 0. The van der Waals surface area contributed by atoms with Gasteiger partial charge in [-0.25, -0.2) is 0 Å². The van der Waals surface area contributed by atoms with Gasteiger partial charge in [-0.1, -0.05) is 0 Å². The molecular formula is C16H12N2O2. The molecule has 1 N–H and O–H groups in total. The molecule has 0 saturated heterocycles. The van der Waals surface area contributed by atoms with Crippen LogP contribution in [0.5, 0.6) is 11.5 Å². The van der Waals surface area contributed by atoms with E-state index in [-0.39, 0.29) is 0 Å². The van der Waals surface area contributed by atoms with Gasteiger partial charge in [0.15, 0.2) is 0 Å². The molecule has 0 aliphatic carbocycles. The second kappa shape index (κ2) is 5.40. The van der Waals surface area contributed by atoms with Crippen molar-refractivity contribution in [3.05, 3.63) is 66.4 Å². The van der Waals surface area contributed by atoms with E-state index in [1.54, 1.807) is 30.5 Å². The Morgan fingerprint density at radius 3 is 2.10 bits per heavy atom. The molecule has 2 aromatic carbocycles. The number of hydrogen-bond acceptors (Lipinski definition) is 3. The molecule has 20 heavy (non-hydrogen) atoms. The number of nitrogens with zero attached hydrogens (tertiary/aromatic N) is 1. The zero-order valence-electron chi connectivity index (χ0n) is 10.6. The molecule has 0 radical (unpaired) electrons. The number of ether oxygens (including phenoxy) is 1. The molecule has 0 fully saturated rings. The molecule has 0 aliphatic rings. The summed E-state index contributed by atoms with van der Waals surface area (Å²) in [5.74, 6) is 1.44. The summed E-state index contributed by atoms with van der Waals surface area (Å²) in [5.41, 5.74) is 2.64. The van der Waals surface area contributed by atoms with Crippen LogP contribution in [0.2, 0.25) is 0 Å². The Kier molecular flexibility index (Phi) is 3.29. The SMILES string of the molecule is O=Cc1ccc(Oc2ccc(-c3ccn[nH]3)cc2)cc1. The zero-order valence-corrected chi connectivity index (χ0v) is 10.6. The summed E-state index contributed by atoms with van der Waals surface area (Å²) in [6, 6.07) is 16.6. The average molecular weight is 264 g/mol. The first kappa shape index (κ1) is 12.2. The zero-order chi connectivity index (χ0) is 13.8. The van der Waals surface area contributed by atoms with E-state index in [4.69, 9.17) is 4.74 Å². The molecule has 3 rings (SSSR count). The molecule has 0 atom stereocenters. The van der Waals surface area contributed by atoms with Crippen LogP contribution in [-0.4, -0.2) is 16.5 Å². The number of carbonyl (C=O) groups excluding carboxylic acids is 1. The van der Waals surface area contributed by atoms with Crippen molar-refractivity contribution in [2.45, 2.75) is 0 Å². The fraction of sp³-hybridized carbons (Fsp3) is 0. The van der Waals surface area contributed by atoms with Gasteiger partial charge in [-0.3, -0.25) is 9.89 Å². The van der Waals surface area contributed by atoms with Gasteiger partial charge in [0.2, 0.25) is 0 Å². The predicted molar refractivity (Wildman–Crippen MR) is 75.9 cm³/mol. The molecule has 1 heterocycles. The number of rotatable bonds is 4. The fourth-order valence-corrected chi connectivity index (χ4v) is 1.87. The number of aldehydes is 1. The molecule has 4 nitrogen and oxygen atoms in total. The lowest BCUT2D eigenvalue weighted by molar-refractivity contribution is 0.112. The molecule has 0 bridgehead atoms. The number of hydrogen-bond donors (Lipinski definition) is 1. The molecule has 1 aromatic heterocycles. The summed E-state index contributed by atoms with van der Waals surface area (Å²) in [4.78, 5) is 10.6. The first-order chi connectivity index (χ1) is 9.85. The van der Waals surface area contributed by atoms with Crippen molar-refractivity contribution in [1.82, 2.24) is 10.2 Å². The molecule has 3 aromatic rings. The van der Waals surface area contributed by atoms with Gasteiger partial charge in [-0.15, -0.1) is 0 Å². The highest BCUT2D eigenvalue weighted by molar-refractivity contribution is 5.74. The summed E-state index contributed by atoms with van der Waals surface area (Å²) < 4.78 is 5.71. The third-order valence-electron chi connectivity index (χ3n) is 2.92. The molecule has 0 aliphatic heterocycles. The van der Waals surface area contributed by atoms with E-state index >= 15 is 0 Å². The van der Waals surface area contributed by atoms with Crippen molar-refractivity contribution in [2.75, 3.05) is 0 Å². The Labute approximate surface area is 116 Å². The maximum Gasteiger partial charge on any atom is 0.150 e. The molecule has 0 amide bonds. The summed E-state index contributed by atoms with van der Waals surface area (Å²) in [6.45, 7) is 0. The fourth-order valence-electron chi connectivity index (χ4n) is 1.87. The van der Waals surface area contributed by atoms with Gasteiger partial charge in [0.1, 0.15) is 17.8 Å². The maximum atomic E-state index is 10.6. The largest absolute Gasteiger partial charge is 0.457 e. The normalized spacial score (nSPS) is 10.2. The van der Waals surface area contributed by atoms with Gasteiger partial charge in [-0.05, 0) is 60.2 Å². The number of nitrogens with one attached hydrogen (secondary N) is 1. The van der Waals surface area contributed by atoms with Crippen molar-refractivity contribution >= 4 is 6.29 Å². The van der Waals surface area contributed by atoms with Crippen LogP contribution in [0, 0.1) is 0 Å². The lowest BCUT2D eigenvalue weighted by atomic mass is 10.1. The Bertz CT molecular complexity index is 686. The summed E-state index contributed by atoms with van der Waals surface area (Å²) in [5, 5.41) is 6.83. The van der Waals surface area contributed by atoms with Gasteiger partial charge in [0.05, 0.1) is 5.69 Å². The van der Waals surface area contributed by atoms with Gasteiger partial charge >= 0.3 is 0 Å². The molecular weight excluding hydrogens is 252 g/mol.